The second-order valence-corrected chi connectivity index (χ2v) is 5.43. The molecule has 25 heavy (non-hydrogen) atoms. The summed E-state index contributed by atoms with van der Waals surface area (Å²) in [7, 11) is 0. The Morgan fingerprint density at radius 3 is 2.12 bits per heavy atom. The number of nitrogens with zero attached hydrogens (tertiary/aromatic N) is 1. The summed E-state index contributed by atoms with van der Waals surface area (Å²) in [5.41, 5.74) is 1.92. The molecular formula is C20H18N2O3. The molecule has 1 amide bonds. The first kappa shape index (κ1) is 16.7. The van der Waals surface area contributed by atoms with Crippen LogP contribution in [0.4, 0.5) is 5.82 Å². The van der Waals surface area contributed by atoms with E-state index in [4.69, 9.17) is 4.74 Å². The first-order valence-electron chi connectivity index (χ1n) is 7.89. The van der Waals surface area contributed by atoms with Crippen molar-refractivity contribution < 1.29 is 14.6 Å². The summed E-state index contributed by atoms with van der Waals surface area (Å²) in [5, 5.41) is 12.2. The molecule has 0 unspecified atom stereocenters. The number of aromatic hydroxyl groups is 1. The minimum atomic E-state index is -0.383. The van der Waals surface area contributed by atoms with Crippen LogP contribution in [0.15, 0.2) is 79.0 Å². The first-order valence-corrected chi connectivity index (χ1v) is 7.89. The number of hydrogen-bond donors (Lipinski definition) is 2. The summed E-state index contributed by atoms with van der Waals surface area (Å²) < 4.78 is 5.87. The third-order valence-corrected chi connectivity index (χ3v) is 3.63. The Labute approximate surface area is 145 Å². The van der Waals surface area contributed by atoms with E-state index >= 15 is 0 Å². The van der Waals surface area contributed by atoms with Crippen LogP contribution in [-0.4, -0.2) is 22.6 Å². The normalized spacial score (nSPS) is 10.6. The number of benzene rings is 2. The zero-order valence-corrected chi connectivity index (χ0v) is 13.5. The fraction of sp³-hybridized carbons (Fsp3) is 0.100. The zero-order valence-electron chi connectivity index (χ0n) is 13.5. The van der Waals surface area contributed by atoms with Crippen LogP contribution in [0, 0.1) is 0 Å². The topological polar surface area (TPSA) is 71.5 Å². The molecule has 0 saturated heterocycles. The smallest absolute Gasteiger partial charge is 0.251 e. The Hall–Kier alpha value is -3.18. The van der Waals surface area contributed by atoms with E-state index in [-0.39, 0.29) is 30.2 Å². The van der Waals surface area contributed by atoms with Gasteiger partial charge in [-0.2, -0.15) is 0 Å². The Morgan fingerprint density at radius 2 is 1.56 bits per heavy atom. The summed E-state index contributed by atoms with van der Waals surface area (Å²) in [5.74, 6) is -0.351. The first-order chi connectivity index (χ1) is 12.2. The monoisotopic (exact) mass is 334 g/mol. The van der Waals surface area contributed by atoms with Crippen molar-refractivity contribution in [2.24, 2.45) is 0 Å². The molecule has 3 aromatic rings. The van der Waals surface area contributed by atoms with Gasteiger partial charge in [0.2, 0.25) is 0 Å². The van der Waals surface area contributed by atoms with Crippen molar-refractivity contribution in [1.82, 2.24) is 4.98 Å². The van der Waals surface area contributed by atoms with E-state index in [1.54, 1.807) is 6.07 Å². The van der Waals surface area contributed by atoms with Crippen LogP contribution in [0.2, 0.25) is 0 Å². The molecular weight excluding hydrogens is 316 g/mol. The van der Waals surface area contributed by atoms with Crippen LogP contribution in [0.25, 0.3) is 0 Å². The van der Waals surface area contributed by atoms with Crippen molar-refractivity contribution >= 4 is 11.7 Å². The molecule has 3 rings (SSSR count). The molecule has 0 atom stereocenters. The van der Waals surface area contributed by atoms with E-state index in [1.807, 2.05) is 60.7 Å². The maximum Gasteiger partial charge on any atom is 0.251 e. The summed E-state index contributed by atoms with van der Waals surface area (Å²) in [6.45, 7) is -0.162. The van der Waals surface area contributed by atoms with Crippen LogP contribution in [-0.2, 0) is 9.53 Å². The fourth-order valence-electron chi connectivity index (χ4n) is 2.46. The average Bonchev–Trinajstić information content (AvgIpc) is 2.66. The molecule has 0 radical (unpaired) electrons. The molecule has 0 spiro atoms. The Balaban J connectivity index is 1.71. The number of nitrogens with one attached hydrogen (secondary N) is 1. The lowest BCUT2D eigenvalue weighted by Gasteiger charge is -2.18. The van der Waals surface area contributed by atoms with Gasteiger partial charge in [0.05, 0.1) is 0 Å². The molecule has 1 heterocycles. The predicted molar refractivity (Wildman–Crippen MR) is 95.2 cm³/mol. The lowest BCUT2D eigenvalue weighted by atomic mass is 10.0. The van der Waals surface area contributed by atoms with Gasteiger partial charge in [0.15, 0.2) is 11.6 Å². The number of ether oxygens (including phenoxy) is 1. The van der Waals surface area contributed by atoms with Gasteiger partial charge < -0.3 is 15.2 Å². The van der Waals surface area contributed by atoms with Crippen LogP contribution in [0.1, 0.15) is 17.2 Å². The Kier molecular flexibility index (Phi) is 5.39. The lowest BCUT2D eigenvalue weighted by Crippen LogP contribution is -2.21. The highest BCUT2D eigenvalue weighted by Crippen LogP contribution is 2.26. The molecule has 5 heteroatoms. The predicted octanol–water partition coefficient (Wildman–Crippen LogP) is 3.53. The van der Waals surface area contributed by atoms with Gasteiger partial charge >= 0.3 is 0 Å². The second kappa shape index (κ2) is 8.08. The maximum atomic E-state index is 12.1. The van der Waals surface area contributed by atoms with E-state index in [9.17, 15) is 9.90 Å². The standard InChI is InChI=1S/C20H18N2O3/c23-17-12-7-13-21-20(17)22-18(24)14-25-19(15-8-3-1-4-9-15)16-10-5-2-6-11-16/h1-13,19,23H,14H2,(H,21,22,24). The third kappa shape index (κ3) is 4.43. The molecule has 2 aromatic carbocycles. The molecule has 0 aliphatic heterocycles. The fourth-order valence-corrected chi connectivity index (χ4v) is 2.46. The molecule has 2 N–H and O–H groups in total. The lowest BCUT2D eigenvalue weighted by molar-refractivity contribution is -0.122. The average molecular weight is 334 g/mol. The van der Waals surface area contributed by atoms with E-state index in [0.29, 0.717) is 0 Å². The largest absolute Gasteiger partial charge is 0.504 e. The minimum Gasteiger partial charge on any atom is -0.504 e. The van der Waals surface area contributed by atoms with Gasteiger partial charge in [-0.25, -0.2) is 4.98 Å². The number of carbonyl (C=O) groups excluding carboxylic acids is 1. The van der Waals surface area contributed by atoms with Crippen molar-refractivity contribution in [2.75, 3.05) is 11.9 Å². The van der Waals surface area contributed by atoms with Gasteiger partial charge in [-0.1, -0.05) is 60.7 Å². The van der Waals surface area contributed by atoms with Gasteiger partial charge in [0, 0.05) is 6.20 Å². The van der Waals surface area contributed by atoms with Gasteiger partial charge in [-0.05, 0) is 23.3 Å². The second-order valence-electron chi connectivity index (χ2n) is 5.43. The Morgan fingerprint density at radius 1 is 0.960 bits per heavy atom. The van der Waals surface area contributed by atoms with E-state index in [0.717, 1.165) is 11.1 Å². The Bertz CT molecular complexity index is 783. The van der Waals surface area contributed by atoms with Crippen molar-refractivity contribution in [3.8, 4) is 5.75 Å². The minimum absolute atomic E-state index is 0.0847. The zero-order chi connectivity index (χ0) is 17.5. The van der Waals surface area contributed by atoms with Crippen molar-refractivity contribution in [1.29, 1.82) is 0 Å². The maximum absolute atomic E-state index is 12.1. The number of amides is 1. The van der Waals surface area contributed by atoms with Crippen LogP contribution in [0.5, 0.6) is 5.75 Å². The number of aromatic nitrogens is 1. The highest BCUT2D eigenvalue weighted by atomic mass is 16.5. The van der Waals surface area contributed by atoms with Gasteiger partial charge in [0.1, 0.15) is 12.7 Å². The van der Waals surface area contributed by atoms with Crippen molar-refractivity contribution in [3.05, 3.63) is 90.1 Å². The summed E-state index contributed by atoms with van der Waals surface area (Å²) in [6.07, 6.45) is 1.14. The third-order valence-electron chi connectivity index (χ3n) is 3.63. The van der Waals surface area contributed by atoms with Crippen LogP contribution < -0.4 is 5.32 Å². The SMILES string of the molecule is O=C(COC(c1ccccc1)c1ccccc1)Nc1ncccc1O. The van der Waals surface area contributed by atoms with Gasteiger partial charge in [0.25, 0.3) is 5.91 Å². The summed E-state index contributed by atoms with van der Waals surface area (Å²) >= 11 is 0. The highest BCUT2D eigenvalue weighted by Gasteiger charge is 2.16. The van der Waals surface area contributed by atoms with Crippen LogP contribution in [0.3, 0.4) is 0 Å². The number of rotatable bonds is 6. The molecule has 126 valence electrons. The number of anilines is 1. The molecule has 0 fully saturated rings. The molecule has 0 aliphatic carbocycles. The molecule has 5 nitrogen and oxygen atoms in total. The molecule has 1 aromatic heterocycles. The van der Waals surface area contributed by atoms with E-state index in [2.05, 4.69) is 10.3 Å². The van der Waals surface area contributed by atoms with Crippen molar-refractivity contribution in [2.45, 2.75) is 6.10 Å². The molecule has 0 aliphatic rings. The number of carbonyl (C=O) groups is 1. The quantitative estimate of drug-likeness (QED) is 0.723. The highest BCUT2D eigenvalue weighted by molar-refractivity contribution is 5.91. The van der Waals surface area contributed by atoms with Crippen molar-refractivity contribution in [3.63, 3.8) is 0 Å². The van der Waals surface area contributed by atoms with Crippen LogP contribution >= 0.6 is 0 Å². The molecule has 0 bridgehead atoms. The number of pyridine rings is 1. The summed E-state index contributed by atoms with van der Waals surface area (Å²) in [6, 6.07) is 22.5. The van der Waals surface area contributed by atoms with E-state index < -0.39 is 0 Å². The number of hydrogen-bond acceptors (Lipinski definition) is 4. The molecule has 0 saturated carbocycles. The van der Waals surface area contributed by atoms with Gasteiger partial charge in [-0.3, -0.25) is 4.79 Å². The summed E-state index contributed by atoms with van der Waals surface area (Å²) in [4.78, 5) is 16.1. The van der Waals surface area contributed by atoms with E-state index in [1.165, 1.54) is 12.3 Å². The van der Waals surface area contributed by atoms with Gasteiger partial charge in [-0.15, -0.1) is 0 Å².